The number of carbonyl (C=O) groups excluding carboxylic acids is 1. The molecule has 1 unspecified atom stereocenters. The molecule has 1 aromatic rings. The molecule has 0 radical (unpaired) electrons. The van der Waals surface area contributed by atoms with Crippen LogP contribution in [0.5, 0.6) is 0 Å². The summed E-state index contributed by atoms with van der Waals surface area (Å²) >= 11 is 0. The lowest BCUT2D eigenvalue weighted by Crippen LogP contribution is -2.38. The molecule has 2 N–H and O–H groups in total. The van der Waals surface area contributed by atoms with Gasteiger partial charge in [0.25, 0.3) is 0 Å². The molecule has 1 heterocycles. The van der Waals surface area contributed by atoms with Crippen molar-refractivity contribution in [3.8, 4) is 0 Å². The highest BCUT2D eigenvalue weighted by molar-refractivity contribution is 5.91. The minimum Gasteiger partial charge on any atom is -0.386 e. The van der Waals surface area contributed by atoms with Gasteiger partial charge in [0, 0.05) is 30.8 Å². The largest absolute Gasteiger partial charge is 0.386 e. The van der Waals surface area contributed by atoms with Crippen molar-refractivity contribution < 1.29 is 4.79 Å². The van der Waals surface area contributed by atoms with E-state index in [1.807, 2.05) is 0 Å². The highest BCUT2D eigenvalue weighted by atomic mass is 16.1. The standard InChI is InChI=1S/C18H24N2O/c1-18(2)10-14(9-15(21)11-18)20-12-17-16-6-4-3-5-13(16)7-8-19-17/h3-6,9,17,19-20H,7-8,10-12H2,1-2H3. The van der Waals surface area contributed by atoms with Gasteiger partial charge in [0.05, 0.1) is 0 Å². The lowest BCUT2D eigenvalue weighted by Gasteiger charge is -2.32. The smallest absolute Gasteiger partial charge is 0.157 e. The summed E-state index contributed by atoms with van der Waals surface area (Å²) in [6, 6.07) is 8.97. The van der Waals surface area contributed by atoms with E-state index in [0.29, 0.717) is 12.5 Å². The van der Waals surface area contributed by atoms with Crippen molar-refractivity contribution >= 4 is 5.78 Å². The fraction of sp³-hybridized carbons (Fsp3) is 0.500. The maximum atomic E-state index is 11.8. The van der Waals surface area contributed by atoms with Crippen LogP contribution in [0.15, 0.2) is 36.0 Å². The van der Waals surface area contributed by atoms with Crippen LogP contribution >= 0.6 is 0 Å². The molecule has 0 fully saturated rings. The van der Waals surface area contributed by atoms with Crippen LogP contribution < -0.4 is 10.6 Å². The van der Waals surface area contributed by atoms with Gasteiger partial charge in [-0.25, -0.2) is 0 Å². The van der Waals surface area contributed by atoms with E-state index < -0.39 is 0 Å². The minimum absolute atomic E-state index is 0.0755. The van der Waals surface area contributed by atoms with Gasteiger partial charge in [0.1, 0.15) is 0 Å². The maximum Gasteiger partial charge on any atom is 0.157 e. The molecule has 112 valence electrons. The van der Waals surface area contributed by atoms with Crippen LogP contribution in [0.2, 0.25) is 0 Å². The number of allylic oxidation sites excluding steroid dienone is 2. The van der Waals surface area contributed by atoms with E-state index in [0.717, 1.165) is 31.6 Å². The molecule has 3 heteroatoms. The maximum absolute atomic E-state index is 11.8. The van der Waals surface area contributed by atoms with Crippen LogP contribution in [0, 0.1) is 5.41 Å². The SMILES string of the molecule is CC1(C)CC(=O)C=C(NCC2NCCc3ccccc32)C1. The zero-order valence-corrected chi connectivity index (χ0v) is 12.9. The summed E-state index contributed by atoms with van der Waals surface area (Å²) < 4.78 is 0. The molecule has 3 nitrogen and oxygen atoms in total. The van der Waals surface area contributed by atoms with Crippen LogP contribution in [0.3, 0.4) is 0 Å². The van der Waals surface area contributed by atoms with Gasteiger partial charge in [0.2, 0.25) is 0 Å². The van der Waals surface area contributed by atoms with Crippen molar-refractivity contribution in [2.24, 2.45) is 5.41 Å². The van der Waals surface area contributed by atoms with E-state index in [-0.39, 0.29) is 11.2 Å². The first kappa shape index (κ1) is 14.3. The molecule has 1 aromatic carbocycles. The Bertz CT molecular complexity index is 574. The Morgan fingerprint density at radius 1 is 1.29 bits per heavy atom. The summed E-state index contributed by atoms with van der Waals surface area (Å²) in [6.07, 6.45) is 4.50. The van der Waals surface area contributed by atoms with Crippen molar-refractivity contribution in [3.63, 3.8) is 0 Å². The first-order valence-corrected chi connectivity index (χ1v) is 7.82. The topological polar surface area (TPSA) is 41.1 Å². The number of benzene rings is 1. The van der Waals surface area contributed by atoms with Crippen molar-refractivity contribution in [3.05, 3.63) is 47.2 Å². The quantitative estimate of drug-likeness (QED) is 0.896. The fourth-order valence-corrected chi connectivity index (χ4v) is 3.47. The van der Waals surface area contributed by atoms with Crippen LogP contribution in [0.25, 0.3) is 0 Å². The number of rotatable bonds is 3. The van der Waals surface area contributed by atoms with E-state index in [4.69, 9.17) is 0 Å². The van der Waals surface area contributed by atoms with Gasteiger partial charge in [0.15, 0.2) is 5.78 Å². The zero-order valence-electron chi connectivity index (χ0n) is 12.9. The third-order valence-corrected chi connectivity index (χ3v) is 4.41. The molecule has 3 rings (SSSR count). The molecule has 0 saturated carbocycles. The van der Waals surface area contributed by atoms with Gasteiger partial charge in [-0.2, -0.15) is 0 Å². The number of hydrogen-bond acceptors (Lipinski definition) is 3. The summed E-state index contributed by atoms with van der Waals surface area (Å²) in [6.45, 7) is 6.18. The molecule has 0 aromatic heterocycles. The Morgan fingerprint density at radius 2 is 2.10 bits per heavy atom. The monoisotopic (exact) mass is 284 g/mol. The number of nitrogens with one attached hydrogen (secondary N) is 2. The fourth-order valence-electron chi connectivity index (χ4n) is 3.47. The predicted molar refractivity (Wildman–Crippen MR) is 85.0 cm³/mol. The summed E-state index contributed by atoms with van der Waals surface area (Å²) in [5.41, 5.74) is 3.99. The highest BCUT2D eigenvalue weighted by Crippen LogP contribution is 2.32. The van der Waals surface area contributed by atoms with Crippen molar-refractivity contribution in [2.75, 3.05) is 13.1 Å². The van der Waals surface area contributed by atoms with Gasteiger partial charge in [-0.3, -0.25) is 4.79 Å². The van der Waals surface area contributed by atoms with Gasteiger partial charge in [-0.15, -0.1) is 0 Å². The van der Waals surface area contributed by atoms with Crippen LogP contribution in [-0.2, 0) is 11.2 Å². The predicted octanol–water partition coefficient (Wildman–Crippen LogP) is 2.74. The Hall–Kier alpha value is -1.61. The van der Waals surface area contributed by atoms with E-state index in [2.05, 4.69) is 48.7 Å². The second-order valence-electron chi connectivity index (χ2n) is 6.99. The molecule has 0 saturated heterocycles. The van der Waals surface area contributed by atoms with E-state index in [9.17, 15) is 4.79 Å². The first-order chi connectivity index (χ1) is 10.0. The number of ketones is 1. The van der Waals surface area contributed by atoms with Gasteiger partial charge in [-0.1, -0.05) is 38.1 Å². The molecule has 2 aliphatic rings. The Labute approximate surface area is 126 Å². The summed E-state index contributed by atoms with van der Waals surface area (Å²) in [5, 5.41) is 7.07. The van der Waals surface area contributed by atoms with Gasteiger partial charge in [-0.05, 0) is 35.9 Å². The first-order valence-electron chi connectivity index (χ1n) is 7.82. The third-order valence-electron chi connectivity index (χ3n) is 4.41. The Balaban J connectivity index is 1.68. The summed E-state index contributed by atoms with van der Waals surface area (Å²) in [4.78, 5) is 11.8. The van der Waals surface area contributed by atoms with Crippen molar-refractivity contribution in [1.82, 2.24) is 10.6 Å². The Kier molecular flexibility index (Phi) is 3.85. The molecular weight excluding hydrogens is 260 g/mol. The second-order valence-corrected chi connectivity index (χ2v) is 6.99. The van der Waals surface area contributed by atoms with Crippen molar-refractivity contribution in [2.45, 2.75) is 39.2 Å². The van der Waals surface area contributed by atoms with E-state index >= 15 is 0 Å². The zero-order chi connectivity index (χ0) is 14.9. The molecule has 1 aliphatic heterocycles. The molecular formula is C18H24N2O. The molecule has 21 heavy (non-hydrogen) atoms. The lowest BCUT2D eigenvalue weighted by molar-refractivity contribution is -0.117. The number of hydrogen-bond donors (Lipinski definition) is 2. The van der Waals surface area contributed by atoms with Crippen LogP contribution in [-0.4, -0.2) is 18.9 Å². The average molecular weight is 284 g/mol. The van der Waals surface area contributed by atoms with Crippen LogP contribution in [0.1, 0.15) is 43.9 Å². The highest BCUT2D eigenvalue weighted by Gasteiger charge is 2.28. The van der Waals surface area contributed by atoms with Crippen LogP contribution in [0.4, 0.5) is 0 Å². The molecule has 0 spiro atoms. The lowest BCUT2D eigenvalue weighted by atomic mass is 9.79. The minimum atomic E-state index is 0.0755. The Morgan fingerprint density at radius 3 is 2.90 bits per heavy atom. The average Bonchev–Trinajstić information content (AvgIpc) is 2.43. The molecule has 0 amide bonds. The van der Waals surface area contributed by atoms with Gasteiger partial charge >= 0.3 is 0 Å². The number of carbonyl (C=O) groups is 1. The van der Waals surface area contributed by atoms with Gasteiger partial charge < -0.3 is 10.6 Å². The molecule has 1 atom stereocenters. The number of fused-ring (bicyclic) bond motifs is 1. The summed E-state index contributed by atoms with van der Waals surface area (Å²) in [7, 11) is 0. The van der Waals surface area contributed by atoms with E-state index in [1.54, 1.807) is 6.08 Å². The third kappa shape index (κ3) is 3.35. The van der Waals surface area contributed by atoms with Crippen molar-refractivity contribution in [1.29, 1.82) is 0 Å². The van der Waals surface area contributed by atoms with E-state index in [1.165, 1.54) is 11.1 Å². The molecule has 0 bridgehead atoms. The molecule has 1 aliphatic carbocycles. The summed E-state index contributed by atoms with van der Waals surface area (Å²) in [5.74, 6) is 0.241. The normalized spacial score (nSPS) is 24.2. The second kappa shape index (κ2) is 5.64.